The number of phenolic OH excluding ortho intramolecular Hbond substituents is 2. The Balaban J connectivity index is 3.21. The van der Waals surface area contributed by atoms with Crippen LogP contribution in [0.25, 0.3) is 0 Å². The summed E-state index contributed by atoms with van der Waals surface area (Å²) in [6, 6.07) is 3.90. The van der Waals surface area contributed by atoms with Gasteiger partial charge >= 0.3 is 8.46 Å². The Bertz CT molecular complexity index is 259. The topological polar surface area (TPSA) is 57.5 Å². The highest BCUT2D eigenvalue weighted by Gasteiger charge is 2.07. The summed E-state index contributed by atoms with van der Waals surface area (Å²) < 4.78 is 10.3. The van der Waals surface area contributed by atoms with E-state index < -0.39 is 8.46 Å². The van der Waals surface area contributed by atoms with Gasteiger partial charge in [0.1, 0.15) is 5.75 Å². The minimum absolute atomic E-state index is 0.0103. The first-order valence-electron chi connectivity index (χ1n) is 2.64. The maximum atomic E-state index is 10.3. The van der Waals surface area contributed by atoms with Crippen molar-refractivity contribution in [2.24, 2.45) is 0 Å². The molecule has 2 N–H and O–H groups in total. The summed E-state index contributed by atoms with van der Waals surface area (Å²) in [5.74, 6) is -0.0396. The van der Waals surface area contributed by atoms with Gasteiger partial charge in [0.2, 0.25) is 5.30 Å². The molecule has 0 spiro atoms. The number of phenols is 2. The van der Waals surface area contributed by atoms with Crippen LogP contribution in [0.15, 0.2) is 18.2 Å². The maximum absolute atomic E-state index is 10.3. The second-order valence-electron chi connectivity index (χ2n) is 1.80. The molecule has 4 heteroatoms. The van der Waals surface area contributed by atoms with E-state index in [1.54, 1.807) is 0 Å². The van der Waals surface area contributed by atoms with E-state index in [2.05, 4.69) is 0 Å². The van der Waals surface area contributed by atoms with Gasteiger partial charge in [-0.3, -0.25) is 0 Å². The van der Waals surface area contributed by atoms with Crippen molar-refractivity contribution >= 4 is 13.8 Å². The third-order valence-electron chi connectivity index (χ3n) is 1.09. The number of hydrogen-bond donors (Lipinski definition) is 2. The van der Waals surface area contributed by atoms with Crippen LogP contribution >= 0.6 is 8.46 Å². The molecule has 0 aliphatic carbocycles. The molecule has 0 bridgehead atoms. The van der Waals surface area contributed by atoms with Gasteiger partial charge < -0.3 is 10.2 Å². The van der Waals surface area contributed by atoms with Crippen LogP contribution in [0.3, 0.4) is 0 Å². The summed E-state index contributed by atoms with van der Waals surface area (Å²) in [5, 5.41) is 18.0. The van der Waals surface area contributed by atoms with Crippen LogP contribution in [-0.2, 0) is 4.57 Å². The molecule has 0 amide bonds. The van der Waals surface area contributed by atoms with Gasteiger partial charge in [0, 0.05) is 6.07 Å². The Morgan fingerprint density at radius 3 is 2.50 bits per heavy atom. The van der Waals surface area contributed by atoms with Gasteiger partial charge in [-0.25, -0.2) is 0 Å². The molecule has 3 nitrogen and oxygen atoms in total. The predicted octanol–water partition coefficient (Wildman–Crippen LogP) is 0.747. The average molecular weight is 157 g/mol. The summed E-state index contributed by atoms with van der Waals surface area (Å²) in [6.07, 6.45) is 0. The van der Waals surface area contributed by atoms with Crippen molar-refractivity contribution in [3.05, 3.63) is 18.2 Å². The molecule has 0 radical (unpaired) electrons. The van der Waals surface area contributed by atoms with Crippen LogP contribution in [0, 0.1) is 0 Å². The maximum Gasteiger partial charge on any atom is 0.367 e. The predicted molar refractivity (Wildman–Crippen MR) is 38.4 cm³/mol. The summed E-state index contributed by atoms with van der Waals surface area (Å²) in [6.45, 7) is 0. The molecule has 10 heavy (non-hydrogen) atoms. The zero-order valence-corrected chi connectivity index (χ0v) is 6.03. The monoisotopic (exact) mass is 157 g/mol. The van der Waals surface area contributed by atoms with Crippen molar-refractivity contribution in [1.82, 2.24) is 0 Å². The molecule has 0 fully saturated rings. The van der Waals surface area contributed by atoms with Gasteiger partial charge in [0.05, 0.1) is 0 Å². The van der Waals surface area contributed by atoms with Crippen molar-refractivity contribution in [3.63, 3.8) is 0 Å². The second kappa shape index (κ2) is 2.67. The quantitative estimate of drug-likeness (QED) is 0.467. The summed E-state index contributed by atoms with van der Waals surface area (Å²) >= 11 is 0. The lowest BCUT2D eigenvalue weighted by Crippen LogP contribution is -1.89. The Morgan fingerprint density at radius 1 is 1.30 bits per heavy atom. The van der Waals surface area contributed by atoms with Crippen molar-refractivity contribution in [2.75, 3.05) is 0 Å². The van der Waals surface area contributed by atoms with Gasteiger partial charge in [-0.2, -0.15) is 0 Å². The number of aromatic hydroxyl groups is 2. The zero-order valence-electron chi connectivity index (χ0n) is 5.03. The molecular formula is C6H6O3P+. The standard InChI is InChI=1S/C6H5O3P/c7-4-1-2-5(8)6(3-4)10-9/h1-3,7-8H/p+1. The van der Waals surface area contributed by atoms with Crippen LogP contribution < -0.4 is 5.30 Å². The van der Waals surface area contributed by atoms with E-state index in [1.807, 2.05) is 0 Å². The summed E-state index contributed by atoms with van der Waals surface area (Å²) in [4.78, 5) is 0. The van der Waals surface area contributed by atoms with Crippen molar-refractivity contribution in [2.45, 2.75) is 0 Å². The Morgan fingerprint density at radius 2 is 2.00 bits per heavy atom. The molecule has 52 valence electrons. The number of benzene rings is 1. The molecule has 0 saturated carbocycles. The fraction of sp³-hybridized carbons (Fsp3) is 0. The number of rotatable bonds is 1. The van der Waals surface area contributed by atoms with E-state index in [0.717, 1.165) is 0 Å². The zero-order chi connectivity index (χ0) is 7.56. The van der Waals surface area contributed by atoms with E-state index in [-0.39, 0.29) is 16.8 Å². The Labute approximate surface area is 59.1 Å². The number of hydrogen-bond acceptors (Lipinski definition) is 3. The molecular weight excluding hydrogens is 151 g/mol. The van der Waals surface area contributed by atoms with E-state index >= 15 is 0 Å². The molecule has 0 aromatic heterocycles. The van der Waals surface area contributed by atoms with Gasteiger partial charge in [-0.15, -0.1) is 0 Å². The molecule has 0 heterocycles. The van der Waals surface area contributed by atoms with E-state index in [1.165, 1.54) is 18.2 Å². The molecule has 0 aliphatic rings. The Hall–Kier alpha value is -1.08. The molecule has 1 unspecified atom stereocenters. The summed E-state index contributed by atoms with van der Waals surface area (Å²) in [5.41, 5.74) is 0. The normalized spacial score (nSPS) is 10.0. The molecule has 1 atom stereocenters. The highest BCUT2D eigenvalue weighted by atomic mass is 31.1. The molecule has 1 aromatic carbocycles. The lowest BCUT2D eigenvalue weighted by molar-refractivity contribution is 0.463. The third-order valence-corrected chi connectivity index (χ3v) is 1.71. The molecule has 1 aromatic rings. The van der Waals surface area contributed by atoms with Crippen molar-refractivity contribution in [1.29, 1.82) is 0 Å². The third kappa shape index (κ3) is 1.25. The average Bonchev–Trinajstić information content (AvgIpc) is 1.94. The lowest BCUT2D eigenvalue weighted by atomic mass is 10.3. The van der Waals surface area contributed by atoms with Gasteiger partial charge in [0.15, 0.2) is 5.75 Å². The van der Waals surface area contributed by atoms with Crippen LogP contribution in [0.1, 0.15) is 0 Å². The minimum Gasteiger partial charge on any atom is -0.508 e. The van der Waals surface area contributed by atoms with Gasteiger partial charge in [-0.1, -0.05) is 4.57 Å². The van der Waals surface area contributed by atoms with Gasteiger partial charge in [-0.05, 0) is 12.1 Å². The first kappa shape index (κ1) is 7.03. The molecule has 0 aliphatic heterocycles. The minimum atomic E-state index is -0.735. The van der Waals surface area contributed by atoms with Gasteiger partial charge in [0.25, 0.3) is 0 Å². The first-order valence-corrected chi connectivity index (χ1v) is 3.55. The highest BCUT2D eigenvalue weighted by molar-refractivity contribution is 7.34. The van der Waals surface area contributed by atoms with Crippen LogP contribution in [-0.4, -0.2) is 10.2 Å². The summed E-state index contributed by atoms with van der Waals surface area (Å²) in [7, 11) is -0.735. The lowest BCUT2D eigenvalue weighted by Gasteiger charge is -1.90. The largest absolute Gasteiger partial charge is 0.508 e. The first-order chi connectivity index (χ1) is 4.74. The van der Waals surface area contributed by atoms with E-state index in [0.29, 0.717) is 0 Å². The second-order valence-corrected chi connectivity index (χ2v) is 2.55. The Kier molecular flexibility index (Phi) is 1.88. The van der Waals surface area contributed by atoms with Crippen molar-refractivity contribution in [3.8, 4) is 11.5 Å². The smallest absolute Gasteiger partial charge is 0.367 e. The van der Waals surface area contributed by atoms with Crippen LogP contribution in [0.4, 0.5) is 0 Å². The molecule has 1 rings (SSSR count). The fourth-order valence-electron chi connectivity index (χ4n) is 0.606. The fourth-order valence-corrected chi connectivity index (χ4v) is 1.00. The highest BCUT2D eigenvalue weighted by Crippen LogP contribution is 2.16. The van der Waals surface area contributed by atoms with Crippen molar-refractivity contribution < 1.29 is 14.8 Å². The molecule has 0 saturated heterocycles. The SMILES string of the molecule is O=[PH+]c1cc(O)ccc1O. The van der Waals surface area contributed by atoms with Crippen LogP contribution in [0.2, 0.25) is 0 Å². The van der Waals surface area contributed by atoms with Crippen LogP contribution in [0.5, 0.6) is 11.5 Å². The van der Waals surface area contributed by atoms with E-state index in [4.69, 9.17) is 10.2 Å². The van der Waals surface area contributed by atoms with E-state index in [9.17, 15) is 4.57 Å².